The van der Waals surface area contributed by atoms with E-state index in [1.807, 2.05) is 6.92 Å². The molecule has 1 saturated carbocycles. The van der Waals surface area contributed by atoms with Crippen LogP contribution in [0.1, 0.15) is 15.9 Å². The maximum atomic E-state index is 12.4. The second kappa shape index (κ2) is 4.20. The van der Waals surface area contributed by atoms with E-state index in [1.165, 1.54) is 0 Å². The molecule has 0 unspecified atom stereocenters. The van der Waals surface area contributed by atoms with Crippen LogP contribution in [0.3, 0.4) is 0 Å². The van der Waals surface area contributed by atoms with Gasteiger partial charge < -0.3 is 0 Å². The zero-order valence-corrected chi connectivity index (χ0v) is 10.6. The summed E-state index contributed by atoms with van der Waals surface area (Å²) < 4.78 is 0. The number of carbonyl (C=O) groups is 1. The first-order valence-electron chi connectivity index (χ1n) is 5.79. The molecule has 1 aromatic carbocycles. The van der Waals surface area contributed by atoms with Crippen molar-refractivity contribution in [3.63, 3.8) is 0 Å². The van der Waals surface area contributed by atoms with Crippen LogP contribution >= 0.6 is 0 Å². The highest BCUT2D eigenvalue weighted by Crippen LogP contribution is 2.68. The maximum Gasteiger partial charge on any atom is 0.188 e. The third-order valence-corrected chi connectivity index (χ3v) is 3.71. The van der Waals surface area contributed by atoms with Gasteiger partial charge in [-0.15, -0.1) is 0 Å². The molecule has 0 radical (unpaired) electrons. The van der Waals surface area contributed by atoms with E-state index >= 15 is 0 Å². The van der Waals surface area contributed by atoms with E-state index in [9.17, 15) is 4.79 Å². The van der Waals surface area contributed by atoms with Crippen molar-refractivity contribution < 1.29 is 4.79 Å². The normalized spacial score (nSPS) is 17.9. The first-order valence-corrected chi connectivity index (χ1v) is 5.79. The topological polar surface area (TPSA) is 112 Å². The Bertz CT molecular complexity index is 684. The summed E-state index contributed by atoms with van der Waals surface area (Å²) in [4.78, 5) is 12.4. The summed E-state index contributed by atoms with van der Waals surface area (Å²) in [5.41, 5.74) is -2.50. The number of ketones is 1. The Kier molecular flexibility index (Phi) is 2.79. The fraction of sp³-hybridized carbons (Fsp3) is 0.267. The second-order valence-electron chi connectivity index (χ2n) is 4.73. The molecule has 1 aliphatic rings. The van der Waals surface area contributed by atoms with Gasteiger partial charge in [0.05, 0.1) is 30.2 Å². The number of hydrogen-bond donors (Lipinski definition) is 0. The average Bonchev–Trinajstić information content (AvgIpc) is 3.10. The standard InChI is InChI=1S/C15H8N4O/c1-10-2-4-11(5-3-10)12(20)13-14(6-16,7-17)15(13,8-18)9-19/h2-5,13H,1H3. The smallest absolute Gasteiger partial charge is 0.188 e. The van der Waals surface area contributed by atoms with E-state index in [0.717, 1.165) is 5.56 Å². The Hall–Kier alpha value is -3.15. The molecule has 5 nitrogen and oxygen atoms in total. The summed E-state index contributed by atoms with van der Waals surface area (Å²) in [6.45, 7) is 1.86. The number of nitriles is 4. The van der Waals surface area contributed by atoms with Gasteiger partial charge in [-0.25, -0.2) is 0 Å². The highest BCUT2D eigenvalue weighted by atomic mass is 16.1. The fourth-order valence-corrected chi connectivity index (χ4v) is 2.41. The van der Waals surface area contributed by atoms with Crippen LogP contribution in [0, 0.1) is 69.0 Å². The largest absolute Gasteiger partial charge is 0.294 e. The summed E-state index contributed by atoms with van der Waals surface area (Å²) in [6.07, 6.45) is 0. The van der Waals surface area contributed by atoms with Gasteiger partial charge in [-0.1, -0.05) is 29.8 Å². The number of carbonyl (C=O) groups excluding carboxylic acids is 1. The van der Waals surface area contributed by atoms with E-state index in [-0.39, 0.29) is 0 Å². The van der Waals surface area contributed by atoms with Gasteiger partial charge in [0.15, 0.2) is 16.6 Å². The zero-order valence-electron chi connectivity index (χ0n) is 10.6. The van der Waals surface area contributed by atoms with Gasteiger partial charge in [0.25, 0.3) is 0 Å². The van der Waals surface area contributed by atoms with E-state index < -0.39 is 22.5 Å². The van der Waals surface area contributed by atoms with Crippen LogP contribution in [0.5, 0.6) is 0 Å². The number of Topliss-reactive ketones (excluding diaryl/α,β-unsaturated/α-hetero) is 1. The lowest BCUT2D eigenvalue weighted by atomic mass is 9.98. The van der Waals surface area contributed by atoms with E-state index in [1.54, 1.807) is 48.5 Å². The quantitative estimate of drug-likeness (QED) is 0.753. The zero-order chi connectivity index (χ0) is 15.0. The number of benzene rings is 1. The molecule has 0 amide bonds. The van der Waals surface area contributed by atoms with E-state index in [0.29, 0.717) is 5.56 Å². The van der Waals surface area contributed by atoms with Crippen LogP contribution in [-0.4, -0.2) is 5.78 Å². The van der Waals surface area contributed by atoms with E-state index in [4.69, 9.17) is 21.0 Å². The number of aryl methyl sites for hydroxylation is 1. The molecule has 2 rings (SSSR count). The second-order valence-corrected chi connectivity index (χ2v) is 4.73. The molecule has 0 bridgehead atoms. The molecule has 1 aliphatic carbocycles. The fourth-order valence-electron chi connectivity index (χ4n) is 2.41. The SMILES string of the molecule is Cc1ccc(C(=O)C2C(C#N)(C#N)C2(C#N)C#N)cc1. The van der Waals surface area contributed by atoms with Gasteiger partial charge in [-0.3, -0.25) is 4.79 Å². The predicted octanol–water partition coefficient (Wildman–Crippen LogP) is 1.87. The van der Waals surface area contributed by atoms with E-state index in [2.05, 4.69) is 0 Å². The Balaban J connectivity index is 2.50. The van der Waals surface area contributed by atoms with Crippen LogP contribution in [0.25, 0.3) is 0 Å². The van der Waals surface area contributed by atoms with Crippen LogP contribution in [0.4, 0.5) is 0 Å². The minimum absolute atomic E-state index is 0.294. The molecule has 94 valence electrons. The molecule has 0 aromatic heterocycles. The maximum absolute atomic E-state index is 12.4. The monoisotopic (exact) mass is 260 g/mol. The number of nitrogens with zero attached hydrogens (tertiary/aromatic N) is 4. The van der Waals surface area contributed by atoms with Gasteiger partial charge in [0.1, 0.15) is 0 Å². The molecule has 0 N–H and O–H groups in total. The average molecular weight is 260 g/mol. The molecular weight excluding hydrogens is 252 g/mol. The third kappa shape index (κ3) is 1.36. The van der Waals surface area contributed by atoms with Gasteiger partial charge in [0, 0.05) is 5.56 Å². The summed E-state index contributed by atoms with van der Waals surface area (Å²) in [7, 11) is 0. The first kappa shape index (κ1) is 13.3. The van der Waals surface area contributed by atoms with Crippen molar-refractivity contribution in [1.29, 1.82) is 21.0 Å². The molecule has 0 heterocycles. The minimum Gasteiger partial charge on any atom is -0.294 e. The molecule has 0 atom stereocenters. The Morgan fingerprint density at radius 1 is 0.950 bits per heavy atom. The summed E-state index contributed by atoms with van der Waals surface area (Å²) in [6, 6.07) is 13.3. The van der Waals surface area contributed by atoms with Crippen molar-refractivity contribution >= 4 is 5.78 Å². The van der Waals surface area contributed by atoms with Gasteiger partial charge in [0.2, 0.25) is 0 Å². The highest BCUT2D eigenvalue weighted by molar-refractivity contribution is 6.03. The highest BCUT2D eigenvalue weighted by Gasteiger charge is 2.84. The van der Waals surface area contributed by atoms with Crippen molar-refractivity contribution in [2.24, 2.45) is 16.7 Å². The van der Waals surface area contributed by atoms with Crippen LogP contribution in [-0.2, 0) is 0 Å². The van der Waals surface area contributed by atoms with Crippen LogP contribution in [0.2, 0.25) is 0 Å². The molecule has 1 aromatic rings. The Morgan fingerprint density at radius 3 is 1.70 bits per heavy atom. The Labute approximate surface area is 115 Å². The van der Waals surface area contributed by atoms with Crippen molar-refractivity contribution in [3.05, 3.63) is 35.4 Å². The summed E-state index contributed by atoms with van der Waals surface area (Å²) in [5, 5.41) is 36.6. The predicted molar refractivity (Wildman–Crippen MR) is 66.3 cm³/mol. The van der Waals surface area contributed by atoms with Crippen molar-refractivity contribution in [2.75, 3.05) is 0 Å². The van der Waals surface area contributed by atoms with Crippen LogP contribution in [0.15, 0.2) is 24.3 Å². The van der Waals surface area contributed by atoms with Crippen LogP contribution < -0.4 is 0 Å². The molecule has 0 aliphatic heterocycles. The molecule has 20 heavy (non-hydrogen) atoms. The lowest BCUT2D eigenvalue weighted by Gasteiger charge is -2.00. The molecule has 0 saturated heterocycles. The summed E-state index contributed by atoms with van der Waals surface area (Å²) in [5.74, 6) is -1.74. The lowest BCUT2D eigenvalue weighted by molar-refractivity contribution is 0.0954. The Morgan fingerprint density at radius 2 is 1.35 bits per heavy atom. The molecule has 1 fully saturated rings. The van der Waals surface area contributed by atoms with Gasteiger partial charge in [-0.2, -0.15) is 21.0 Å². The molecule has 0 spiro atoms. The lowest BCUT2D eigenvalue weighted by Crippen LogP contribution is -2.08. The molecular formula is C15H8N4O. The van der Waals surface area contributed by atoms with Crippen molar-refractivity contribution in [1.82, 2.24) is 0 Å². The van der Waals surface area contributed by atoms with Gasteiger partial charge >= 0.3 is 0 Å². The van der Waals surface area contributed by atoms with Crippen molar-refractivity contribution in [3.8, 4) is 24.3 Å². The minimum atomic E-state index is -1.88. The number of rotatable bonds is 2. The number of hydrogen-bond acceptors (Lipinski definition) is 5. The summed E-state index contributed by atoms with van der Waals surface area (Å²) >= 11 is 0. The van der Waals surface area contributed by atoms with Crippen molar-refractivity contribution in [2.45, 2.75) is 6.92 Å². The molecule has 5 heteroatoms. The first-order chi connectivity index (χ1) is 9.52. The van der Waals surface area contributed by atoms with Gasteiger partial charge in [-0.05, 0) is 6.92 Å². The third-order valence-electron chi connectivity index (χ3n) is 3.71.